The Bertz CT molecular complexity index is 793. The molecule has 0 unspecified atom stereocenters. The molecule has 3 atom stereocenters. The minimum absolute atomic E-state index is 0.150. The van der Waals surface area contributed by atoms with E-state index >= 15 is 0 Å². The fourth-order valence-electron chi connectivity index (χ4n) is 5.38. The highest BCUT2D eigenvalue weighted by Crippen LogP contribution is 2.44. The average Bonchev–Trinajstić information content (AvgIpc) is 2.64. The maximum Gasteiger partial charge on any atom is 0.214 e. The molecule has 2 fully saturated rings. The maximum absolute atomic E-state index is 13.0. The highest BCUT2D eigenvalue weighted by molar-refractivity contribution is 7.89. The molecule has 1 aromatic rings. The number of fused-ring (bicyclic) bond motifs is 4. The third-order valence-electron chi connectivity index (χ3n) is 6.52. The molecule has 0 amide bonds. The molecule has 6 heteroatoms. The second kappa shape index (κ2) is 7.37. The topological polar surface area (TPSA) is 49.9 Å². The molecule has 1 aromatic carbocycles. The first kappa shape index (κ1) is 19.2. The second-order valence-electron chi connectivity index (χ2n) is 8.81. The molecule has 2 saturated heterocycles. The highest BCUT2D eigenvalue weighted by Gasteiger charge is 2.45. The maximum atomic E-state index is 13.0. The Labute approximate surface area is 163 Å². The van der Waals surface area contributed by atoms with E-state index in [0.717, 1.165) is 44.5 Å². The van der Waals surface area contributed by atoms with Crippen molar-refractivity contribution >= 4 is 10.0 Å². The monoisotopic (exact) mass is 392 g/mol. The van der Waals surface area contributed by atoms with Gasteiger partial charge in [-0.25, -0.2) is 8.42 Å². The Hall–Kier alpha value is -1.11. The molecule has 3 aliphatic heterocycles. The van der Waals surface area contributed by atoms with Gasteiger partial charge in [-0.1, -0.05) is 19.9 Å². The zero-order chi connectivity index (χ0) is 19.2. The zero-order valence-corrected chi connectivity index (χ0v) is 17.5. The van der Waals surface area contributed by atoms with E-state index in [2.05, 4.69) is 17.0 Å². The van der Waals surface area contributed by atoms with Crippen LogP contribution < -0.4 is 4.74 Å². The summed E-state index contributed by atoms with van der Waals surface area (Å²) in [6.45, 7) is 6.76. The molecule has 0 spiro atoms. The van der Waals surface area contributed by atoms with Gasteiger partial charge in [-0.3, -0.25) is 4.90 Å². The van der Waals surface area contributed by atoms with E-state index in [1.54, 1.807) is 7.11 Å². The SMILES string of the molecule is COc1ccc2c(c1)CCN1C[C@H]3CCCN(S(=O)(=O)CC(C)C)[C@H]3C[C@@H]21. The number of rotatable bonds is 4. The van der Waals surface area contributed by atoms with Crippen LogP contribution >= 0.6 is 0 Å². The number of hydrogen-bond donors (Lipinski definition) is 0. The van der Waals surface area contributed by atoms with Gasteiger partial charge in [-0.2, -0.15) is 4.31 Å². The first-order valence-electron chi connectivity index (χ1n) is 10.3. The molecule has 5 nitrogen and oxygen atoms in total. The van der Waals surface area contributed by atoms with E-state index in [0.29, 0.717) is 18.5 Å². The summed E-state index contributed by atoms with van der Waals surface area (Å²) in [5.74, 6) is 1.81. The Kier molecular flexibility index (Phi) is 5.25. The summed E-state index contributed by atoms with van der Waals surface area (Å²) in [6.07, 6.45) is 4.11. The van der Waals surface area contributed by atoms with Gasteiger partial charge in [0.1, 0.15) is 5.75 Å². The molecular formula is C21H32N2O3S. The lowest BCUT2D eigenvalue weighted by molar-refractivity contribution is 0.0219. The van der Waals surface area contributed by atoms with Gasteiger partial charge in [0.2, 0.25) is 10.0 Å². The summed E-state index contributed by atoms with van der Waals surface area (Å²) in [7, 11) is -1.47. The standard InChI is InChI=1S/C21H32N2O3S/c1-15(2)14-27(24,25)23-9-4-5-17-13-22-10-8-16-11-18(26-3)6-7-19(16)21(22)12-20(17)23/h6-7,11,15,17,20-21H,4-5,8-10,12-14H2,1-3H3/t17-,20+,21+/m1/s1. The van der Waals surface area contributed by atoms with Crippen LogP contribution in [0.15, 0.2) is 18.2 Å². The summed E-state index contributed by atoms with van der Waals surface area (Å²) >= 11 is 0. The molecule has 150 valence electrons. The van der Waals surface area contributed by atoms with Gasteiger partial charge >= 0.3 is 0 Å². The molecule has 0 bridgehead atoms. The lowest BCUT2D eigenvalue weighted by atomic mass is 9.77. The number of hydrogen-bond acceptors (Lipinski definition) is 4. The number of ether oxygens (including phenoxy) is 1. The first-order chi connectivity index (χ1) is 12.9. The second-order valence-corrected chi connectivity index (χ2v) is 10.8. The van der Waals surface area contributed by atoms with Crippen LogP contribution in [0, 0.1) is 11.8 Å². The minimum atomic E-state index is -3.18. The predicted octanol–water partition coefficient (Wildman–Crippen LogP) is 3.06. The van der Waals surface area contributed by atoms with Gasteiger partial charge in [0.25, 0.3) is 0 Å². The summed E-state index contributed by atoms with van der Waals surface area (Å²) in [6, 6.07) is 6.88. The van der Waals surface area contributed by atoms with Gasteiger partial charge in [-0.15, -0.1) is 0 Å². The Morgan fingerprint density at radius 2 is 2.07 bits per heavy atom. The smallest absolute Gasteiger partial charge is 0.214 e. The molecule has 3 heterocycles. The van der Waals surface area contributed by atoms with Crippen molar-refractivity contribution in [2.24, 2.45) is 11.8 Å². The largest absolute Gasteiger partial charge is 0.497 e. The van der Waals surface area contributed by atoms with Crippen LogP contribution in [0.2, 0.25) is 0 Å². The molecule has 0 saturated carbocycles. The Balaban J connectivity index is 1.62. The number of sulfonamides is 1. The lowest BCUT2D eigenvalue weighted by Gasteiger charge is -2.51. The first-order valence-corrected chi connectivity index (χ1v) is 11.9. The predicted molar refractivity (Wildman–Crippen MR) is 107 cm³/mol. The molecular weight excluding hydrogens is 360 g/mol. The van der Waals surface area contributed by atoms with E-state index in [9.17, 15) is 8.42 Å². The third kappa shape index (κ3) is 3.64. The van der Waals surface area contributed by atoms with Crippen molar-refractivity contribution in [1.29, 1.82) is 0 Å². The molecule has 27 heavy (non-hydrogen) atoms. The van der Waals surface area contributed by atoms with Crippen molar-refractivity contribution in [1.82, 2.24) is 9.21 Å². The van der Waals surface area contributed by atoms with E-state index in [1.807, 2.05) is 24.2 Å². The van der Waals surface area contributed by atoms with Crippen molar-refractivity contribution < 1.29 is 13.2 Å². The average molecular weight is 393 g/mol. The van der Waals surface area contributed by atoms with E-state index in [4.69, 9.17) is 4.74 Å². The van der Waals surface area contributed by atoms with Gasteiger partial charge in [0.05, 0.1) is 12.9 Å². The molecule has 0 N–H and O–H groups in total. The fourth-order valence-corrected chi connectivity index (χ4v) is 7.49. The Morgan fingerprint density at radius 3 is 2.81 bits per heavy atom. The van der Waals surface area contributed by atoms with Gasteiger partial charge in [0, 0.05) is 31.7 Å². The van der Waals surface area contributed by atoms with Crippen LogP contribution in [0.3, 0.4) is 0 Å². The number of benzene rings is 1. The van der Waals surface area contributed by atoms with Crippen molar-refractivity contribution in [3.63, 3.8) is 0 Å². The van der Waals surface area contributed by atoms with Crippen LogP contribution in [0.1, 0.15) is 50.3 Å². The van der Waals surface area contributed by atoms with Gasteiger partial charge < -0.3 is 4.74 Å². The summed E-state index contributed by atoms with van der Waals surface area (Å²) < 4.78 is 33.3. The Morgan fingerprint density at radius 1 is 1.26 bits per heavy atom. The number of piperidine rings is 2. The van der Waals surface area contributed by atoms with Crippen molar-refractivity contribution in [3.05, 3.63) is 29.3 Å². The van der Waals surface area contributed by atoms with E-state index in [1.165, 1.54) is 11.1 Å². The third-order valence-corrected chi connectivity index (χ3v) is 8.78. The van der Waals surface area contributed by atoms with Crippen molar-refractivity contribution in [2.45, 2.75) is 51.6 Å². The van der Waals surface area contributed by atoms with Crippen LogP contribution in [0.5, 0.6) is 5.75 Å². The molecule has 0 aromatic heterocycles. The molecule has 4 rings (SSSR count). The summed E-state index contributed by atoms with van der Waals surface area (Å²) in [5, 5.41) is 0. The summed E-state index contributed by atoms with van der Waals surface area (Å²) in [4.78, 5) is 2.59. The minimum Gasteiger partial charge on any atom is -0.497 e. The van der Waals surface area contributed by atoms with Crippen LogP contribution in [0.4, 0.5) is 0 Å². The fraction of sp³-hybridized carbons (Fsp3) is 0.714. The zero-order valence-electron chi connectivity index (χ0n) is 16.7. The van der Waals surface area contributed by atoms with Gasteiger partial charge in [0.15, 0.2) is 0 Å². The van der Waals surface area contributed by atoms with Crippen LogP contribution in [0.25, 0.3) is 0 Å². The van der Waals surface area contributed by atoms with E-state index < -0.39 is 10.0 Å². The van der Waals surface area contributed by atoms with Gasteiger partial charge in [-0.05, 0) is 60.8 Å². The van der Waals surface area contributed by atoms with Crippen LogP contribution in [-0.4, -0.2) is 56.2 Å². The lowest BCUT2D eigenvalue weighted by Crippen LogP contribution is -2.57. The molecule has 0 aliphatic carbocycles. The van der Waals surface area contributed by atoms with Crippen molar-refractivity contribution in [2.75, 3.05) is 32.5 Å². The highest BCUT2D eigenvalue weighted by atomic mass is 32.2. The number of methoxy groups -OCH3 is 1. The number of nitrogens with zero attached hydrogens (tertiary/aromatic N) is 2. The van der Waals surface area contributed by atoms with E-state index in [-0.39, 0.29) is 17.7 Å². The quantitative estimate of drug-likeness (QED) is 0.790. The molecule has 3 aliphatic rings. The van der Waals surface area contributed by atoms with Crippen molar-refractivity contribution in [3.8, 4) is 5.75 Å². The summed E-state index contributed by atoms with van der Waals surface area (Å²) in [5.41, 5.74) is 2.73. The molecule has 0 radical (unpaired) electrons. The normalized spacial score (nSPS) is 29.1. The van der Waals surface area contributed by atoms with Crippen LogP contribution in [-0.2, 0) is 16.4 Å².